The summed E-state index contributed by atoms with van der Waals surface area (Å²) >= 11 is 1.89. The van der Waals surface area contributed by atoms with Gasteiger partial charge in [-0.3, -0.25) is 0 Å². The lowest BCUT2D eigenvalue weighted by atomic mass is 9.96. The fourth-order valence-electron chi connectivity index (χ4n) is 4.32. The van der Waals surface area contributed by atoms with Crippen molar-refractivity contribution in [1.82, 2.24) is 9.97 Å². The Morgan fingerprint density at radius 1 is 1.12 bits per heavy atom. The van der Waals surface area contributed by atoms with Crippen LogP contribution in [0.15, 0.2) is 0 Å². The van der Waals surface area contributed by atoms with Gasteiger partial charge < -0.3 is 10.1 Å². The van der Waals surface area contributed by atoms with Gasteiger partial charge in [-0.15, -0.1) is 11.3 Å². The van der Waals surface area contributed by atoms with E-state index in [1.54, 1.807) is 4.88 Å². The third-order valence-corrected chi connectivity index (χ3v) is 6.92. The van der Waals surface area contributed by atoms with Crippen LogP contribution < -0.4 is 5.32 Å². The number of rotatable bonds is 3. The number of thiophene rings is 1. The predicted octanol–water partition coefficient (Wildman–Crippen LogP) is 4.25. The summed E-state index contributed by atoms with van der Waals surface area (Å²) in [6.45, 7) is 2.90. The third kappa shape index (κ3) is 2.72. The highest BCUT2D eigenvalue weighted by molar-refractivity contribution is 7.19. The van der Waals surface area contributed by atoms with Crippen molar-refractivity contribution < 1.29 is 4.74 Å². The maximum atomic E-state index is 5.99. The monoisotopic (exact) mass is 343 g/mol. The molecule has 0 spiro atoms. The fraction of sp³-hybridized carbons (Fsp3) is 0.684. The number of anilines is 1. The normalized spacial score (nSPS) is 27.2. The predicted molar refractivity (Wildman–Crippen MR) is 97.9 cm³/mol. The lowest BCUT2D eigenvalue weighted by Gasteiger charge is -2.31. The molecule has 1 saturated heterocycles. The molecule has 0 amide bonds. The van der Waals surface area contributed by atoms with E-state index in [0.717, 1.165) is 37.0 Å². The van der Waals surface area contributed by atoms with Crippen LogP contribution in [-0.4, -0.2) is 28.7 Å². The highest BCUT2D eigenvalue weighted by Gasteiger charge is 2.36. The first-order valence-electron chi connectivity index (χ1n) is 9.45. The third-order valence-electron chi connectivity index (χ3n) is 5.73. The van der Waals surface area contributed by atoms with Gasteiger partial charge in [-0.1, -0.05) is 0 Å². The van der Waals surface area contributed by atoms with Crippen LogP contribution in [-0.2, 0) is 17.6 Å². The molecule has 128 valence electrons. The number of hydrogen-bond donors (Lipinski definition) is 1. The molecule has 2 fully saturated rings. The molecule has 1 N–H and O–H groups in total. The summed E-state index contributed by atoms with van der Waals surface area (Å²) in [6, 6.07) is 0.487. The van der Waals surface area contributed by atoms with Crippen molar-refractivity contribution in [2.45, 2.75) is 70.4 Å². The van der Waals surface area contributed by atoms with Gasteiger partial charge in [0.1, 0.15) is 16.5 Å². The number of nitrogens with one attached hydrogen (secondary N) is 1. The molecule has 24 heavy (non-hydrogen) atoms. The Labute approximate surface area is 147 Å². The van der Waals surface area contributed by atoms with Crippen molar-refractivity contribution in [3.05, 3.63) is 16.3 Å². The Kier molecular flexibility index (Phi) is 3.74. The van der Waals surface area contributed by atoms with E-state index in [9.17, 15) is 0 Å². The minimum absolute atomic E-state index is 0.464. The van der Waals surface area contributed by atoms with Gasteiger partial charge in [0, 0.05) is 17.5 Å². The molecule has 2 aromatic heterocycles. The zero-order valence-electron chi connectivity index (χ0n) is 14.3. The second-order valence-electron chi connectivity index (χ2n) is 7.62. The lowest BCUT2D eigenvalue weighted by Crippen LogP contribution is -2.35. The van der Waals surface area contributed by atoms with Gasteiger partial charge in [0.05, 0.1) is 11.5 Å². The van der Waals surface area contributed by atoms with Gasteiger partial charge >= 0.3 is 0 Å². The minimum Gasteiger partial charge on any atom is -0.378 e. The molecular formula is C19H25N3OS. The van der Waals surface area contributed by atoms with Crippen LogP contribution in [0.2, 0.25) is 0 Å². The summed E-state index contributed by atoms with van der Waals surface area (Å²) in [7, 11) is 0. The van der Waals surface area contributed by atoms with Crippen molar-refractivity contribution in [3.8, 4) is 0 Å². The molecule has 5 heteroatoms. The maximum absolute atomic E-state index is 5.99. The zero-order chi connectivity index (χ0) is 16.1. The zero-order valence-corrected chi connectivity index (χ0v) is 15.1. The van der Waals surface area contributed by atoms with Crippen LogP contribution in [0, 0.1) is 12.8 Å². The average molecular weight is 343 g/mol. The fourth-order valence-corrected chi connectivity index (χ4v) is 5.62. The van der Waals surface area contributed by atoms with Gasteiger partial charge in [-0.2, -0.15) is 0 Å². The van der Waals surface area contributed by atoms with E-state index in [1.165, 1.54) is 54.3 Å². The molecule has 0 bridgehead atoms. The largest absolute Gasteiger partial charge is 0.378 e. The van der Waals surface area contributed by atoms with Crippen molar-refractivity contribution in [2.75, 3.05) is 11.9 Å². The van der Waals surface area contributed by atoms with E-state index in [0.29, 0.717) is 12.1 Å². The number of nitrogens with zero attached hydrogens (tertiary/aromatic N) is 2. The van der Waals surface area contributed by atoms with E-state index in [4.69, 9.17) is 14.7 Å². The molecule has 2 aliphatic carbocycles. The number of hydrogen-bond acceptors (Lipinski definition) is 5. The molecule has 4 nitrogen and oxygen atoms in total. The van der Waals surface area contributed by atoms with Crippen LogP contribution in [0.25, 0.3) is 10.2 Å². The molecule has 0 radical (unpaired) electrons. The number of ether oxygens (including phenoxy) is 1. The van der Waals surface area contributed by atoms with Crippen LogP contribution in [0.1, 0.15) is 54.8 Å². The number of aryl methyl sites for hydroxylation is 3. The summed E-state index contributed by atoms with van der Waals surface area (Å²) in [5.74, 6) is 2.78. The van der Waals surface area contributed by atoms with E-state index in [1.807, 2.05) is 18.3 Å². The van der Waals surface area contributed by atoms with Gasteiger partial charge in [0.2, 0.25) is 0 Å². The quantitative estimate of drug-likeness (QED) is 0.905. The molecule has 1 aliphatic heterocycles. The van der Waals surface area contributed by atoms with E-state index in [-0.39, 0.29) is 0 Å². The molecule has 3 aliphatic rings. The average Bonchev–Trinajstić information content (AvgIpc) is 3.36. The van der Waals surface area contributed by atoms with Gasteiger partial charge in [0.25, 0.3) is 0 Å². The van der Waals surface area contributed by atoms with Crippen molar-refractivity contribution in [1.29, 1.82) is 0 Å². The molecule has 0 aromatic carbocycles. The molecule has 5 rings (SSSR count). The minimum atomic E-state index is 0.464. The summed E-state index contributed by atoms with van der Waals surface area (Å²) in [6.07, 6.45) is 10.4. The van der Waals surface area contributed by atoms with E-state index >= 15 is 0 Å². The Hall–Kier alpha value is -1.20. The van der Waals surface area contributed by atoms with Crippen molar-refractivity contribution in [3.63, 3.8) is 0 Å². The molecule has 2 atom stereocenters. The summed E-state index contributed by atoms with van der Waals surface area (Å²) in [4.78, 5) is 12.3. The highest BCUT2D eigenvalue weighted by atomic mass is 32.1. The SMILES string of the molecule is Cc1nc(NC2CCOC(C3CC3)C2)c2c3c(sc2n1)CCCC3. The highest BCUT2D eigenvalue weighted by Crippen LogP contribution is 2.41. The Morgan fingerprint density at radius 2 is 2.00 bits per heavy atom. The first-order chi connectivity index (χ1) is 11.8. The molecular weight excluding hydrogens is 318 g/mol. The lowest BCUT2D eigenvalue weighted by molar-refractivity contribution is -0.00221. The topological polar surface area (TPSA) is 47.0 Å². The van der Waals surface area contributed by atoms with Crippen LogP contribution in [0.3, 0.4) is 0 Å². The van der Waals surface area contributed by atoms with Crippen LogP contribution >= 0.6 is 11.3 Å². The van der Waals surface area contributed by atoms with Gasteiger partial charge in [0.15, 0.2) is 0 Å². The molecule has 2 unspecified atom stereocenters. The van der Waals surface area contributed by atoms with Crippen molar-refractivity contribution in [2.24, 2.45) is 5.92 Å². The summed E-state index contributed by atoms with van der Waals surface area (Å²) in [5.41, 5.74) is 1.52. The summed E-state index contributed by atoms with van der Waals surface area (Å²) in [5, 5.41) is 5.10. The molecule has 3 heterocycles. The molecule has 1 saturated carbocycles. The van der Waals surface area contributed by atoms with Crippen LogP contribution in [0.4, 0.5) is 5.82 Å². The van der Waals surface area contributed by atoms with Crippen LogP contribution in [0.5, 0.6) is 0 Å². The number of aromatic nitrogens is 2. The Balaban J connectivity index is 1.48. The first kappa shape index (κ1) is 15.1. The van der Waals surface area contributed by atoms with E-state index in [2.05, 4.69) is 5.32 Å². The second kappa shape index (κ2) is 5.95. The first-order valence-corrected chi connectivity index (χ1v) is 10.3. The Morgan fingerprint density at radius 3 is 2.88 bits per heavy atom. The second-order valence-corrected chi connectivity index (χ2v) is 8.71. The maximum Gasteiger partial charge on any atom is 0.139 e. The van der Waals surface area contributed by atoms with Gasteiger partial charge in [-0.25, -0.2) is 9.97 Å². The Bertz CT molecular complexity index is 768. The smallest absolute Gasteiger partial charge is 0.139 e. The standard InChI is InChI=1S/C19H25N3OS/c1-11-20-18(22-13-8-9-23-15(10-13)12-6-7-12)17-14-4-2-3-5-16(14)24-19(17)21-11/h12-13,15H,2-10H2,1H3,(H,20,21,22). The summed E-state index contributed by atoms with van der Waals surface area (Å²) < 4.78 is 5.99. The molecule has 2 aromatic rings. The van der Waals surface area contributed by atoms with E-state index < -0.39 is 0 Å². The van der Waals surface area contributed by atoms with Crippen molar-refractivity contribution >= 4 is 27.4 Å². The number of fused-ring (bicyclic) bond motifs is 3. The van der Waals surface area contributed by atoms with Gasteiger partial charge in [-0.05, 0) is 69.8 Å².